The zero-order valence-electron chi connectivity index (χ0n) is 12.6. The minimum absolute atomic E-state index is 0.129. The molecule has 0 bridgehead atoms. The summed E-state index contributed by atoms with van der Waals surface area (Å²) in [4.78, 5) is 0. The number of benzene rings is 1. The Morgan fingerprint density at radius 2 is 1.79 bits per heavy atom. The molecule has 0 fully saturated rings. The van der Waals surface area contributed by atoms with Crippen LogP contribution < -0.4 is 0 Å². The van der Waals surface area contributed by atoms with Crippen LogP contribution in [0.4, 0.5) is 0 Å². The lowest BCUT2D eigenvalue weighted by molar-refractivity contribution is 0.0866. The van der Waals surface area contributed by atoms with Crippen molar-refractivity contribution in [2.75, 3.05) is 5.33 Å². The van der Waals surface area contributed by atoms with Gasteiger partial charge >= 0.3 is 0 Å². The molecule has 0 aliphatic carbocycles. The third kappa shape index (κ3) is 5.63. The predicted octanol–water partition coefficient (Wildman–Crippen LogP) is 5.18. The first kappa shape index (κ1) is 16.7. The van der Waals surface area contributed by atoms with E-state index in [4.69, 9.17) is 4.43 Å². The van der Waals surface area contributed by atoms with E-state index in [1.54, 1.807) is 0 Å². The molecule has 0 aromatic heterocycles. The molecule has 3 heteroatoms. The van der Waals surface area contributed by atoms with Gasteiger partial charge in [-0.3, -0.25) is 0 Å². The van der Waals surface area contributed by atoms with Crippen LogP contribution in [0, 0.1) is 5.41 Å². The Kier molecular flexibility index (Phi) is 6.50. The van der Waals surface area contributed by atoms with E-state index >= 15 is 0 Å². The first-order valence-electron chi connectivity index (χ1n) is 6.82. The number of allylic oxidation sites excluding steroid dienone is 1. The van der Waals surface area contributed by atoms with E-state index in [0.717, 1.165) is 5.33 Å². The first-order chi connectivity index (χ1) is 8.84. The highest BCUT2D eigenvalue weighted by Gasteiger charge is 2.27. The minimum Gasteiger partial charge on any atom is -0.413 e. The van der Waals surface area contributed by atoms with Crippen molar-refractivity contribution in [3.8, 4) is 0 Å². The van der Waals surface area contributed by atoms with Crippen molar-refractivity contribution in [2.45, 2.75) is 40.0 Å². The molecule has 1 aromatic rings. The van der Waals surface area contributed by atoms with Gasteiger partial charge in [0.15, 0.2) is 9.04 Å². The van der Waals surface area contributed by atoms with Crippen LogP contribution in [-0.4, -0.2) is 14.4 Å². The van der Waals surface area contributed by atoms with Crippen LogP contribution in [0.3, 0.4) is 0 Å². The van der Waals surface area contributed by atoms with Gasteiger partial charge < -0.3 is 4.43 Å². The molecule has 0 aliphatic rings. The molecular formula is C16H25BrOSi. The highest BCUT2D eigenvalue weighted by atomic mass is 79.9. The van der Waals surface area contributed by atoms with Crippen LogP contribution in [-0.2, 0) is 4.43 Å². The summed E-state index contributed by atoms with van der Waals surface area (Å²) in [6.07, 6.45) is 4.42. The van der Waals surface area contributed by atoms with E-state index in [9.17, 15) is 0 Å². The van der Waals surface area contributed by atoms with E-state index in [0.29, 0.717) is 0 Å². The molecular weight excluding hydrogens is 316 g/mol. The summed E-state index contributed by atoms with van der Waals surface area (Å²) in [6, 6.07) is 8.72. The monoisotopic (exact) mass is 340 g/mol. The molecule has 1 aromatic carbocycles. The van der Waals surface area contributed by atoms with Crippen LogP contribution in [0.25, 0.3) is 6.08 Å². The van der Waals surface area contributed by atoms with Crippen LogP contribution in [0.2, 0.25) is 13.1 Å². The topological polar surface area (TPSA) is 9.23 Å². The quantitative estimate of drug-likeness (QED) is 0.529. The molecule has 0 aliphatic heterocycles. The van der Waals surface area contributed by atoms with E-state index in [2.05, 4.69) is 86.2 Å². The van der Waals surface area contributed by atoms with E-state index in [1.165, 1.54) is 11.1 Å². The molecule has 0 saturated carbocycles. The second-order valence-electron chi connectivity index (χ2n) is 6.15. The molecule has 1 rings (SSSR count). The molecule has 0 amide bonds. The molecule has 106 valence electrons. The van der Waals surface area contributed by atoms with Crippen LogP contribution in [0.5, 0.6) is 0 Å². The molecule has 1 nitrogen and oxygen atoms in total. The summed E-state index contributed by atoms with van der Waals surface area (Å²) < 4.78 is 6.24. The second kappa shape index (κ2) is 7.41. The average molecular weight is 341 g/mol. The van der Waals surface area contributed by atoms with Gasteiger partial charge in [0, 0.05) is 5.33 Å². The summed E-state index contributed by atoms with van der Waals surface area (Å²) in [6.45, 7) is 11.2. The Bertz CT molecular complexity index is 404. The summed E-state index contributed by atoms with van der Waals surface area (Å²) in [5, 5.41) is 0.890. The van der Waals surface area contributed by atoms with Gasteiger partial charge in [-0.2, -0.15) is 0 Å². The highest BCUT2D eigenvalue weighted by Crippen LogP contribution is 2.36. The molecule has 19 heavy (non-hydrogen) atoms. The van der Waals surface area contributed by atoms with Gasteiger partial charge in [0.25, 0.3) is 0 Å². The van der Waals surface area contributed by atoms with Crippen molar-refractivity contribution in [1.29, 1.82) is 0 Å². The maximum Gasteiger partial charge on any atom is 0.171 e. The standard InChI is InChI=1S/C16H25BrOSi/c1-16(2,3)15(18-19(4)5)14-10-8-13(9-11-14)7-6-12-17/h6-11,15,19H,12H2,1-5H3. The predicted molar refractivity (Wildman–Crippen MR) is 91.4 cm³/mol. The Morgan fingerprint density at radius 3 is 2.21 bits per heavy atom. The highest BCUT2D eigenvalue weighted by molar-refractivity contribution is 9.09. The Balaban J connectivity index is 2.94. The number of hydrogen-bond acceptors (Lipinski definition) is 1. The summed E-state index contributed by atoms with van der Waals surface area (Å²) in [5.41, 5.74) is 2.65. The molecule has 0 heterocycles. The Labute approximate surface area is 127 Å². The first-order valence-corrected chi connectivity index (χ1v) is 10.7. The average Bonchev–Trinajstić information content (AvgIpc) is 2.33. The molecule has 0 N–H and O–H groups in total. The molecule has 0 saturated heterocycles. The van der Waals surface area contributed by atoms with Crippen LogP contribution >= 0.6 is 15.9 Å². The molecule has 1 atom stereocenters. The second-order valence-corrected chi connectivity index (χ2v) is 9.17. The van der Waals surface area contributed by atoms with Crippen molar-refractivity contribution in [2.24, 2.45) is 5.41 Å². The fourth-order valence-electron chi connectivity index (χ4n) is 2.02. The van der Waals surface area contributed by atoms with Gasteiger partial charge in [-0.25, -0.2) is 0 Å². The summed E-state index contributed by atoms with van der Waals surface area (Å²) in [5.74, 6) is 0. The van der Waals surface area contributed by atoms with Gasteiger partial charge in [-0.1, -0.05) is 73.1 Å². The van der Waals surface area contributed by atoms with E-state index < -0.39 is 9.04 Å². The molecule has 1 unspecified atom stereocenters. The SMILES string of the molecule is C[SiH](C)OC(c1ccc(C=CCBr)cc1)C(C)(C)C. The van der Waals surface area contributed by atoms with Crippen LogP contribution in [0.1, 0.15) is 38.0 Å². The maximum absolute atomic E-state index is 6.24. The van der Waals surface area contributed by atoms with E-state index in [-0.39, 0.29) is 11.5 Å². The fourth-order valence-corrected chi connectivity index (χ4v) is 3.31. The van der Waals surface area contributed by atoms with Crippen LogP contribution in [0.15, 0.2) is 30.3 Å². The van der Waals surface area contributed by atoms with Crippen molar-refractivity contribution in [1.82, 2.24) is 0 Å². The number of halogens is 1. The lowest BCUT2D eigenvalue weighted by Crippen LogP contribution is -2.25. The maximum atomic E-state index is 6.24. The zero-order chi connectivity index (χ0) is 14.5. The van der Waals surface area contributed by atoms with Gasteiger partial charge in [0.05, 0.1) is 6.10 Å². The smallest absolute Gasteiger partial charge is 0.171 e. The minimum atomic E-state index is -1.05. The zero-order valence-corrected chi connectivity index (χ0v) is 15.4. The Morgan fingerprint density at radius 1 is 1.21 bits per heavy atom. The normalized spacial score (nSPS) is 14.3. The Hall–Kier alpha value is -0.383. The van der Waals surface area contributed by atoms with Gasteiger partial charge in [0.1, 0.15) is 0 Å². The number of alkyl halides is 1. The number of hydrogen-bond donors (Lipinski definition) is 0. The van der Waals surface area contributed by atoms with Crippen molar-refractivity contribution >= 4 is 31.0 Å². The third-order valence-corrected chi connectivity index (χ3v) is 4.02. The molecule has 0 radical (unpaired) electrons. The fraction of sp³-hybridized carbons (Fsp3) is 0.500. The molecule has 0 spiro atoms. The van der Waals surface area contributed by atoms with Crippen molar-refractivity contribution in [3.05, 3.63) is 41.5 Å². The van der Waals surface area contributed by atoms with Gasteiger partial charge in [-0.15, -0.1) is 0 Å². The van der Waals surface area contributed by atoms with Crippen molar-refractivity contribution in [3.63, 3.8) is 0 Å². The van der Waals surface area contributed by atoms with E-state index in [1.807, 2.05) is 0 Å². The van der Waals surface area contributed by atoms with Gasteiger partial charge in [-0.05, 0) is 29.6 Å². The lowest BCUT2D eigenvalue weighted by atomic mass is 9.84. The number of rotatable bonds is 5. The van der Waals surface area contributed by atoms with Crippen molar-refractivity contribution < 1.29 is 4.43 Å². The third-order valence-electron chi connectivity index (χ3n) is 2.83. The lowest BCUT2D eigenvalue weighted by Gasteiger charge is -2.33. The summed E-state index contributed by atoms with van der Waals surface area (Å²) in [7, 11) is -1.05. The largest absolute Gasteiger partial charge is 0.413 e. The summed E-state index contributed by atoms with van der Waals surface area (Å²) >= 11 is 3.40. The van der Waals surface area contributed by atoms with Gasteiger partial charge in [0.2, 0.25) is 0 Å².